The van der Waals surface area contributed by atoms with Crippen molar-refractivity contribution in [3.8, 4) is 6.07 Å². The number of nitrogens with zero attached hydrogens (tertiary/aromatic N) is 2. The highest BCUT2D eigenvalue weighted by atomic mass is 35.5. The Morgan fingerprint density at radius 1 is 1.35 bits per heavy atom. The molecule has 1 aliphatic rings. The molecule has 0 radical (unpaired) electrons. The Balaban J connectivity index is 1.62. The van der Waals surface area contributed by atoms with Crippen LogP contribution >= 0.6 is 11.6 Å². The number of halogens is 2. The number of anilines is 1. The second-order valence-electron chi connectivity index (χ2n) is 6.48. The third-order valence-corrected chi connectivity index (χ3v) is 5.10. The molecular formula is C20H19ClFN3O. The van der Waals surface area contributed by atoms with Crippen LogP contribution in [0.2, 0.25) is 5.02 Å². The lowest BCUT2D eigenvalue weighted by Gasteiger charge is -2.27. The molecule has 1 saturated heterocycles. The van der Waals surface area contributed by atoms with Crippen LogP contribution in [0, 0.1) is 17.1 Å². The highest BCUT2D eigenvalue weighted by molar-refractivity contribution is 6.32. The van der Waals surface area contributed by atoms with E-state index < -0.39 is 0 Å². The Morgan fingerprint density at radius 3 is 2.73 bits per heavy atom. The second kappa shape index (κ2) is 7.76. The molecule has 6 heteroatoms. The van der Waals surface area contributed by atoms with Gasteiger partial charge in [-0.3, -0.25) is 4.79 Å². The van der Waals surface area contributed by atoms with Gasteiger partial charge >= 0.3 is 0 Å². The van der Waals surface area contributed by atoms with Gasteiger partial charge in [-0.15, -0.1) is 0 Å². The minimum absolute atomic E-state index is 0.0253. The fraction of sp³-hybridized carbons (Fsp3) is 0.300. The molecule has 0 spiro atoms. The van der Waals surface area contributed by atoms with E-state index in [9.17, 15) is 9.18 Å². The Kier molecular flexibility index (Phi) is 5.43. The zero-order valence-electron chi connectivity index (χ0n) is 14.4. The fourth-order valence-electron chi connectivity index (χ4n) is 3.32. The molecule has 26 heavy (non-hydrogen) atoms. The number of carbonyl (C=O) groups is 1. The van der Waals surface area contributed by atoms with Crippen molar-refractivity contribution in [2.24, 2.45) is 0 Å². The molecule has 1 amide bonds. The van der Waals surface area contributed by atoms with Gasteiger partial charge in [0.25, 0.3) is 0 Å². The molecule has 1 fully saturated rings. The van der Waals surface area contributed by atoms with Gasteiger partial charge < -0.3 is 10.2 Å². The average Bonchev–Trinajstić information content (AvgIpc) is 2.97. The van der Waals surface area contributed by atoms with E-state index in [1.54, 1.807) is 24.3 Å². The summed E-state index contributed by atoms with van der Waals surface area (Å²) in [6.45, 7) is 2.85. The first-order valence-corrected chi connectivity index (χ1v) is 8.86. The van der Waals surface area contributed by atoms with Crippen molar-refractivity contribution in [2.75, 3.05) is 11.4 Å². The van der Waals surface area contributed by atoms with Gasteiger partial charge in [-0.2, -0.15) is 5.26 Å². The molecule has 0 unspecified atom stereocenters. The number of nitriles is 1. The summed E-state index contributed by atoms with van der Waals surface area (Å²) < 4.78 is 12.9. The van der Waals surface area contributed by atoms with Gasteiger partial charge in [0.05, 0.1) is 23.0 Å². The van der Waals surface area contributed by atoms with Crippen LogP contribution in [0.25, 0.3) is 0 Å². The number of amides is 1. The van der Waals surface area contributed by atoms with E-state index >= 15 is 0 Å². The average molecular weight is 372 g/mol. The zero-order valence-corrected chi connectivity index (χ0v) is 15.1. The summed E-state index contributed by atoms with van der Waals surface area (Å²) in [4.78, 5) is 14.5. The molecule has 0 bridgehead atoms. The van der Waals surface area contributed by atoms with Crippen molar-refractivity contribution in [1.82, 2.24) is 5.32 Å². The summed E-state index contributed by atoms with van der Waals surface area (Å²) in [5.41, 5.74) is 2.17. The maximum Gasteiger partial charge on any atom is 0.224 e. The first kappa shape index (κ1) is 18.2. The van der Waals surface area contributed by atoms with E-state index in [0.29, 0.717) is 10.6 Å². The van der Waals surface area contributed by atoms with Gasteiger partial charge in [0, 0.05) is 18.3 Å². The number of rotatable bonds is 4. The Bertz CT molecular complexity index is 847. The Labute approximate surface area is 157 Å². The van der Waals surface area contributed by atoms with Crippen molar-refractivity contribution in [3.63, 3.8) is 0 Å². The molecule has 2 atom stereocenters. The van der Waals surface area contributed by atoms with Crippen LogP contribution < -0.4 is 10.2 Å². The van der Waals surface area contributed by atoms with E-state index in [1.807, 2.05) is 6.07 Å². The monoisotopic (exact) mass is 371 g/mol. The third kappa shape index (κ3) is 3.97. The van der Waals surface area contributed by atoms with Crippen LogP contribution in [0.5, 0.6) is 0 Å². The number of hydrogen-bond donors (Lipinski definition) is 1. The first-order chi connectivity index (χ1) is 12.5. The van der Waals surface area contributed by atoms with Gasteiger partial charge in [-0.25, -0.2) is 4.39 Å². The summed E-state index contributed by atoms with van der Waals surface area (Å²) in [6, 6.07) is 13.5. The number of carbonyl (C=O) groups excluding carboxylic acids is 1. The Morgan fingerprint density at radius 2 is 2.08 bits per heavy atom. The minimum atomic E-state index is -0.310. The SMILES string of the molecule is C[C@H]1[C@@H](NC(=O)Cc2ccc(F)cc2)CCN1c1ccc(C#N)c(Cl)c1. The third-order valence-electron chi connectivity index (χ3n) is 4.78. The summed E-state index contributed by atoms with van der Waals surface area (Å²) in [6.07, 6.45) is 1.06. The van der Waals surface area contributed by atoms with Gasteiger partial charge in [0.1, 0.15) is 11.9 Å². The topological polar surface area (TPSA) is 56.1 Å². The van der Waals surface area contributed by atoms with Crippen LogP contribution in [0.1, 0.15) is 24.5 Å². The molecule has 1 N–H and O–H groups in total. The summed E-state index contributed by atoms with van der Waals surface area (Å²) in [5.74, 6) is -0.386. The van der Waals surface area contributed by atoms with Crippen LogP contribution in [-0.2, 0) is 11.2 Å². The molecule has 1 heterocycles. The van der Waals surface area contributed by atoms with E-state index in [4.69, 9.17) is 16.9 Å². The van der Waals surface area contributed by atoms with Gasteiger partial charge in [-0.05, 0) is 49.2 Å². The molecule has 4 nitrogen and oxygen atoms in total. The summed E-state index contributed by atoms with van der Waals surface area (Å²) in [7, 11) is 0. The lowest BCUT2D eigenvalue weighted by Crippen LogP contribution is -2.43. The molecule has 134 valence electrons. The molecule has 3 rings (SSSR count). The maximum absolute atomic E-state index is 12.9. The van der Waals surface area contributed by atoms with Crippen molar-refractivity contribution in [2.45, 2.75) is 31.8 Å². The number of nitrogens with one attached hydrogen (secondary N) is 1. The molecule has 0 aliphatic carbocycles. The molecular weight excluding hydrogens is 353 g/mol. The summed E-state index contributed by atoms with van der Waals surface area (Å²) in [5, 5.41) is 12.5. The Hall–Kier alpha value is -2.58. The molecule has 0 saturated carbocycles. The van der Waals surface area contributed by atoms with E-state index in [2.05, 4.69) is 23.2 Å². The molecule has 2 aromatic carbocycles. The number of benzene rings is 2. The number of hydrogen-bond acceptors (Lipinski definition) is 3. The quantitative estimate of drug-likeness (QED) is 0.892. The largest absolute Gasteiger partial charge is 0.367 e. The predicted molar refractivity (Wildman–Crippen MR) is 99.6 cm³/mol. The highest BCUT2D eigenvalue weighted by Crippen LogP contribution is 2.29. The first-order valence-electron chi connectivity index (χ1n) is 8.48. The van der Waals surface area contributed by atoms with Crippen LogP contribution in [0.4, 0.5) is 10.1 Å². The van der Waals surface area contributed by atoms with Crippen molar-refractivity contribution in [1.29, 1.82) is 5.26 Å². The lowest BCUT2D eigenvalue weighted by atomic mass is 10.1. The van der Waals surface area contributed by atoms with Crippen molar-refractivity contribution >= 4 is 23.2 Å². The smallest absolute Gasteiger partial charge is 0.224 e. The van der Waals surface area contributed by atoms with E-state index in [1.165, 1.54) is 12.1 Å². The van der Waals surface area contributed by atoms with Crippen LogP contribution in [0.3, 0.4) is 0 Å². The standard InChI is InChI=1S/C20H19ClFN3O/c1-13-19(24-20(26)10-14-2-5-16(22)6-3-14)8-9-25(13)17-7-4-15(12-23)18(21)11-17/h2-7,11,13,19H,8-10H2,1H3,(H,24,26)/t13-,19-/m0/s1. The van der Waals surface area contributed by atoms with Crippen molar-refractivity contribution in [3.05, 3.63) is 64.4 Å². The van der Waals surface area contributed by atoms with E-state index in [0.717, 1.165) is 24.2 Å². The lowest BCUT2D eigenvalue weighted by molar-refractivity contribution is -0.121. The highest BCUT2D eigenvalue weighted by Gasteiger charge is 2.32. The van der Waals surface area contributed by atoms with Gasteiger partial charge in [-0.1, -0.05) is 23.7 Å². The van der Waals surface area contributed by atoms with Crippen LogP contribution in [0.15, 0.2) is 42.5 Å². The van der Waals surface area contributed by atoms with Crippen molar-refractivity contribution < 1.29 is 9.18 Å². The molecule has 0 aromatic heterocycles. The zero-order chi connectivity index (χ0) is 18.7. The predicted octanol–water partition coefficient (Wildman–Crippen LogP) is 3.68. The molecule has 1 aliphatic heterocycles. The minimum Gasteiger partial charge on any atom is -0.367 e. The maximum atomic E-state index is 12.9. The normalized spacial score (nSPS) is 19.2. The van der Waals surface area contributed by atoms with Crippen LogP contribution in [-0.4, -0.2) is 24.5 Å². The van der Waals surface area contributed by atoms with Gasteiger partial charge in [0.15, 0.2) is 0 Å². The fourth-order valence-corrected chi connectivity index (χ4v) is 3.53. The summed E-state index contributed by atoms with van der Waals surface area (Å²) >= 11 is 6.13. The second-order valence-corrected chi connectivity index (χ2v) is 6.88. The van der Waals surface area contributed by atoms with E-state index in [-0.39, 0.29) is 30.2 Å². The van der Waals surface area contributed by atoms with Gasteiger partial charge in [0.2, 0.25) is 5.91 Å². The molecule has 2 aromatic rings.